The fraction of sp³-hybridized carbons (Fsp3) is 0.889. The number of Topliss-reactive ketones (excluding diaryl/α,β-unsaturated/α-hetero) is 3. The van der Waals surface area contributed by atoms with Crippen LogP contribution in [0.25, 0.3) is 0 Å². The van der Waals surface area contributed by atoms with Crippen molar-refractivity contribution in [3.63, 3.8) is 0 Å². The molecule has 7 N–H and O–H groups in total. The van der Waals surface area contributed by atoms with Gasteiger partial charge in [-0.3, -0.25) is 29.0 Å². The molecule has 11 fully saturated rings. The van der Waals surface area contributed by atoms with E-state index in [1.807, 2.05) is 27.7 Å². The number of aliphatic imine (C=N–C) groups is 1. The lowest BCUT2D eigenvalue weighted by molar-refractivity contribution is -0.173. The summed E-state index contributed by atoms with van der Waals surface area (Å²) >= 11 is 0. The van der Waals surface area contributed by atoms with Gasteiger partial charge >= 0.3 is 0 Å². The summed E-state index contributed by atoms with van der Waals surface area (Å²) in [5.41, 5.74) is -0.116. The number of hydrogen-bond acceptors (Lipinski definition) is 15. The predicted molar refractivity (Wildman–Crippen MR) is 422 cm³/mol. The molecular weight excluding hydrogens is 1340 g/mol. The van der Waals surface area contributed by atoms with Gasteiger partial charge in [-0.25, -0.2) is 0 Å². The molecule has 0 aromatic carbocycles. The number of allylic oxidation sites excluding steroid dienone is 4. The van der Waals surface area contributed by atoms with Crippen LogP contribution in [0.5, 0.6) is 0 Å². The summed E-state index contributed by atoms with van der Waals surface area (Å²) in [6.45, 7) is 40.0. The molecule has 0 aromatic heterocycles. The Bertz CT molecular complexity index is 3510. The van der Waals surface area contributed by atoms with E-state index < -0.39 is 23.0 Å². The SMILES string of the molecule is CC(C)C(=O)N[C@H]1CCC23C[C@]24C(=O)C[C@]2(C)[C@@H]([C@H](C)N(C)C)[C@H](O)C[C@@]2(C)[C@@H]4CC[C@H]3[C@]1(C)CO.CC(C)C(=O)N[C@H]1CCC2C=C3C(=O)C[C@]4(C)[C@@H]([C@H](C)N(C)C)[C@H](O)C[C@@]4(C)[C@@H]3CC[C@H]2[C@]1(C)CO.CC(C)C1=N[C@H]2CCC3C=C4C(=O)C[C@]5(C)[C@@H]([C@H](C)N(C)C)[C@H](O)C[C@@]5(C)[C@@H]4CC[C@H]3[C@]2(C)CO1. The second kappa shape index (κ2) is 28.5. The first-order valence-corrected chi connectivity index (χ1v) is 42.8. The minimum absolute atomic E-state index is 0.0229. The quantitative estimate of drug-likeness (QED) is 0.0908. The molecule has 14 rings (SSSR count). The summed E-state index contributed by atoms with van der Waals surface area (Å²) in [6, 6.07) is 0.823. The molecule has 17 nitrogen and oxygen atoms in total. The van der Waals surface area contributed by atoms with E-state index in [0.717, 1.165) is 126 Å². The molecular formula is C90H148N6O11. The molecule has 31 atom stereocenters. The molecule has 17 heteroatoms. The highest BCUT2D eigenvalue weighted by atomic mass is 16.5. The number of ether oxygens (including phenoxy) is 1. The smallest absolute Gasteiger partial charge is 0.222 e. The molecule has 2 spiro atoms. The number of nitrogens with one attached hydrogen (secondary N) is 2. The van der Waals surface area contributed by atoms with Gasteiger partial charge in [-0.05, 0) is 262 Å². The maximum absolute atomic E-state index is 14.4. The van der Waals surface area contributed by atoms with Gasteiger partial charge in [0.2, 0.25) is 11.8 Å². The Kier molecular flexibility index (Phi) is 22.1. The number of fused-ring (bicyclic) bond motifs is 12. The van der Waals surface area contributed by atoms with Crippen LogP contribution < -0.4 is 10.6 Å². The highest BCUT2D eigenvalue weighted by molar-refractivity contribution is 5.99. The van der Waals surface area contributed by atoms with Crippen LogP contribution in [-0.2, 0) is 28.7 Å². The molecule has 0 radical (unpaired) electrons. The molecule has 0 saturated heterocycles. The van der Waals surface area contributed by atoms with E-state index in [0.29, 0.717) is 54.6 Å². The Morgan fingerprint density at radius 1 is 0.514 bits per heavy atom. The number of nitrogens with zero attached hydrogens (tertiary/aromatic N) is 4. The second-order valence-electron chi connectivity index (χ2n) is 42.7. The number of carbonyl (C=O) groups excluding carboxylic acids is 5. The third kappa shape index (κ3) is 12.2. The van der Waals surface area contributed by atoms with Crippen LogP contribution >= 0.6 is 0 Å². The molecule has 107 heavy (non-hydrogen) atoms. The fourth-order valence-corrected chi connectivity index (χ4v) is 29.4. The second-order valence-corrected chi connectivity index (χ2v) is 42.7. The summed E-state index contributed by atoms with van der Waals surface area (Å²) in [6.07, 6.45) is 20.0. The van der Waals surface area contributed by atoms with Gasteiger partial charge in [0.15, 0.2) is 17.5 Å². The zero-order chi connectivity index (χ0) is 78.9. The van der Waals surface area contributed by atoms with E-state index in [1.165, 1.54) is 0 Å². The number of aliphatic hydroxyl groups is 5. The van der Waals surface area contributed by atoms with E-state index in [2.05, 4.69) is 177 Å². The first kappa shape index (κ1) is 83.0. The number of rotatable bonds is 13. The van der Waals surface area contributed by atoms with Crippen LogP contribution in [0.3, 0.4) is 0 Å². The van der Waals surface area contributed by atoms with Crippen LogP contribution in [0.15, 0.2) is 28.3 Å². The summed E-state index contributed by atoms with van der Waals surface area (Å²) in [4.78, 5) is 79.0. The Labute approximate surface area is 645 Å². The summed E-state index contributed by atoms with van der Waals surface area (Å²) in [5.74, 6) is 4.64. The molecule has 13 aliphatic carbocycles. The van der Waals surface area contributed by atoms with E-state index in [-0.39, 0.29) is 181 Å². The van der Waals surface area contributed by atoms with Crippen LogP contribution in [0.4, 0.5) is 0 Å². The van der Waals surface area contributed by atoms with Crippen LogP contribution in [-0.4, -0.2) is 192 Å². The van der Waals surface area contributed by atoms with Crippen molar-refractivity contribution in [3.05, 3.63) is 23.3 Å². The summed E-state index contributed by atoms with van der Waals surface area (Å²) in [7, 11) is 12.5. The Balaban J connectivity index is 0.000000150. The lowest BCUT2D eigenvalue weighted by Crippen LogP contribution is -2.64. The zero-order valence-electron chi connectivity index (χ0n) is 71.0. The van der Waals surface area contributed by atoms with Crippen molar-refractivity contribution in [2.45, 2.75) is 301 Å². The normalized spacial score (nSPS) is 48.6. The number of hydrogen-bond donors (Lipinski definition) is 7. The van der Waals surface area contributed by atoms with Crippen molar-refractivity contribution in [3.8, 4) is 0 Å². The van der Waals surface area contributed by atoms with E-state index in [9.17, 15) is 49.5 Å². The molecule has 0 bridgehead atoms. The topological polar surface area (TPSA) is 242 Å². The maximum atomic E-state index is 14.4. The maximum Gasteiger partial charge on any atom is 0.222 e. The molecule has 2 amide bonds. The molecule has 0 aromatic rings. The van der Waals surface area contributed by atoms with Gasteiger partial charge in [-0.1, -0.05) is 116 Å². The molecule has 1 aliphatic heterocycles. The Morgan fingerprint density at radius 2 is 0.935 bits per heavy atom. The van der Waals surface area contributed by atoms with Gasteiger partial charge in [-0.15, -0.1) is 0 Å². The van der Waals surface area contributed by atoms with Crippen molar-refractivity contribution in [2.75, 3.05) is 62.1 Å². The van der Waals surface area contributed by atoms with Crippen LogP contribution in [0.1, 0.15) is 247 Å². The highest BCUT2D eigenvalue weighted by Crippen LogP contribution is 2.88. The predicted octanol–water partition coefficient (Wildman–Crippen LogP) is 12.6. The minimum atomic E-state index is -0.428. The molecule has 604 valence electrons. The number of ketones is 3. The van der Waals surface area contributed by atoms with Crippen LogP contribution in [0.2, 0.25) is 0 Å². The molecule has 11 saturated carbocycles. The highest BCUT2D eigenvalue weighted by Gasteiger charge is 2.86. The third-order valence-corrected chi connectivity index (χ3v) is 36.7. The lowest BCUT2D eigenvalue weighted by Gasteiger charge is -2.63. The number of carbonyl (C=O) groups is 5. The summed E-state index contributed by atoms with van der Waals surface area (Å²) in [5, 5.41) is 62.2. The number of amides is 2. The molecule has 14 aliphatic rings. The van der Waals surface area contributed by atoms with Crippen molar-refractivity contribution in [1.82, 2.24) is 25.3 Å². The minimum Gasteiger partial charge on any atom is -0.480 e. The summed E-state index contributed by atoms with van der Waals surface area (Å²) < 4.78 is 6.25. The largest absolute Gasteiger partial charge is 0.480 e. The van der Waals surface area contributed by atoms with Gasteiger partial charge < -0.3 is 55.6 Å². The van der Waals surface area contributed by atoms with Crippen LogP contribution in [0, 0.1) is 142 Å². The zero-order valence-corrected chi connectivity index (χ0v) is 71.0. The Hall–Kier alpha value is -3.42. The first-order valence-electron chi connectivity index (χ1n) is 42.8. The molecule has 1 heterocycles. The molecule has 3 unspecified atom stereocenters. The van der Waals surface area contributed by atoms with E-state index in [1.54, 1.807) is 0 Å². The average Bonchev–Trinajstić information content (AvgIpc) is 1.45. The van der Waals surface area contributed by atoms with E-state index >= 15 is 0 Å². The van der Waals surface area contributed by atoms with Crippen molar-refractivity contribution >= 4 is 35.1 Å². The van der Waals surface area contributed by atoms with Gasteiger partial charge in [0.1, 0.15) is 5.78 Å². The van der Waals surface area contributed by atoms with Crippen molar-refractivity contribution in [1.29, 1.82) is 0 Å². The van der Waals surface area contributed by atoms with Gasteiger partial charge in [-0.2, -0.15) is 0 Å². The van der Waals surface area contributed by atoms with Gasteiger partial charge in [0.25, 0.3) is 0 Å². The number of aliphatic hydroxyl groups excluding tert-OH is 5. The van der Waals surface area contributed by atoms with E-state index in [4.69, 9.17) is 9.73 Å². The Morgan fingerprint density at radius 3 is 1.38 bits per heavy atom. The first-order chi connectivity index (χ1) is 49.7. The standard InChI is InChI=1S/2C30H50N2O4.C30H48N2O3/c1-17(2)25(36)31-22-11-12-29-15-30(29)21(10-9-20(29)26(22,4)16-33)27(5)13-19(34)24(18(3)32(7)8)28(27,6)14-23(30)35;1-17(2)27(36)31-25-12-9-19-13-20-22(11-10-21(19)28(25,4)16-33)29(5)15-24(35)26(18(3)32(7)8)30(29,6)14-23(20)34;1-17(2)27-31-25-12-9-19-13-20-22(11-10-21(19)28(25,4)16-35-27)29(5)15-24(34)26(18(3)32(7)8)30(29,6)14-23(20)33/h17-22,24,33-34H,9-16H2,1-8H3,(H,31,36);13,17-19,21-22,24-26,33,35H,9-12,14-16H2,1-8H3,(H,31,36);13,17-19,21-22,24-26,34H,9-12,14-16H2,1-8H3/t18-,19+,20-,21-,22-,24-,26-,27-,28+,29?,30-;2*18-,19?,21+,22+,24+,25-,26-,28-,29-,30+/m000/s1. The van der Waals surface area contributed by atoms with Gasteiger partial charge in [0.05, 0.1) is 44.2 Å². The monoisotopic (exact) mass is 1490 g/mol. The fourth-order valence-electron chi connectivity index (χ4n) is 29.4. The average molecular weight is 1490 g/mol. The third-order valence-electron chi connectivity index (χ3n) is 36.7. The van der Waals surface area contributed by atoms with Gasteiger partial charge in [0, 0.05) is 107 Å². The van der Waals surface area contributed by atoms with Crippen molar-refractivity contribution < 1.29 is 54.2 Å². The van der Waals surface area contributed by atoms with Crippen molar-refractivity contribution in [2.24, 2.45) is 147 Å². The lowest BCUT2D eigenvalue weighted by atomic mass is 9.41.